The lowest BCUT2D eigenvalue weighted by molar-refractivity contribution is -0.651. The summed E-state index contributed by atoms with van der Waals surface area (Å²) in [6.45, 7) is 2.05. The van der Waals surface area contributed by atoms with Crippen molar-refractivity contribution in [3.05, 3.63) is 41.0 Å². The smallest absolute Gasteiger partial charge is 0.418 e. The molecule has 1 aromatic carbocycles. The molecule has 0 aliphatic rings. The van der Waals surface area contributed by atoms with Crippen LogP contribution in [-0.4, -0.2) is 7.25 Å². The van der Waals surface area contributed by atoms with E-state index >= 15 is 0 Å². The van der Waals surface area contributed by atoms with Gasteiger partial charge in [0.15, 0.2) is 5.69 Å². The third-order valence-corrected chi connectivity index (χ3v) is 2.70. The highest BCUT2D eigenvalue weighted by Gasteiger charge is 2.20. The van der Waals surface area contributed by atoms with Crippen LogP contribution in [0.25, 0.3) is 10.9 Å². The molecule has 0 radical (unpaired) electrons. The molecule has 0 aliphatic carbocycles. The van der Waals surface area contributed by atoms with Crippen molar-refractivity contribution in [1.29, 1.82) is 0 Å². The molecule has 0 spiro atoms. The van der Waals surface area contributed by atoms with Crippen LogP contribution in [0.5, 0.6) is 0 Å². The Morgan fingerprint density at radius 3 is 2.17 bits per heavy atom. The highest BCUT2D eigenvalue weighted by Crippen LogP contribution is 2.20. The summed E-state index contributed by atoms with van der Waals surface area (Å²) in [5.41, 5.74) is 2.34. The minimum atomic E-state index is -6.00. The number of aryl methyl sites for hydroxylation is 2. The van der Waals surface area contributed by atoms with Crippen LogP contribution in [0.3, 0.4) is 0 Å². The van der Waals surface area contributed by atoms with Gasteiger partial charge in [0.25, 0.3) is 0 Å². The van der Waals surface area contributed by atoms with Crippen molar-refractivity contribution in [3.63, 3.8) is 0 Å². The van der Waals surface area contributed by atoms with Gasteiger partial charge in [-0.2, -0.15) is 4.57 Å². The van der Waals surface area contributed by atoms with Gasteiger partial charge < -0.3 is 17.3 Å². The van der Waals surface area contributed by atoms with Crippen LogP contribution in [0, 0.1) is 6.92 Å². The molecule has 1 nitrogen and oxygen atoms in total. The van der Waals surface area contributed by atoms with Gasteiger partial charge in [-0.15, -0.1) is 0 Å². The molecular weight excluding hydrogens is 268 g/mol. The first-order chi connectivity index (χ1) is 8.20. The van der Waals surface area contributed by atoms with Crippen LogP contribution in [0.4, 0.5) is 17.3 Å². The molecule has 0 N–H and O–H groups in total. The average molecular weight is 279 g/mol. The van der Waals surface area contributed by atoms with Gasteiger partial charge in [0, 0.05) is 19.1 Å². The second-order valence-electron chi connectivity index (χ2n) is 3.70. The summed E-state index contributed by atoms with van der Waals surface area (Å²) in [4.78, 5) is 0. The maximum Gasteiger partial charge on any atom is 0.673 e. The number of nitrogens with zero attached hydrogens (tertiary/aromatic N) is 1. The molecule has 0 aliphatic heterocycles. The predicted octanol–water partition coefficient (Wildman–Crippen LogP) is 3.93. The van der Waals surface area contributed by atoms with Gasteiger partial charge in [-0.3, -0.25) is 0 Å². The molecule has 98 valence electrons. The lowest BCUT2D eigenvalue weighted by atomic mass is 10.2. The molecule has 0 saturated carbocycles. The number of halogens is 5. The van der Waals surface area contributed by atoms with E-state index in [1.807, 2.05) is 31.3 Å². The summed E-state index contributed by atoms with van der Waals surface area (Å²) in [6.07, 6.45) is 0. The van der Waals surface area contributed by atoms with Crippen LogP contribution in [0.1, 0.15) is 5.69 Å². The van der Waals surface area contributed by atoms with Crippen molar-refractivity contribution in [2.45, 2.75) is 6.92 Å². The van der Waals surface area contributed by atoms with Crippen LogP contribution < -0.4 is 4.57 Å². The number of hydrogen-bond acceptors (Lipinski definition) is 0. The zero-order valence-corrected chi connectivity index (χ0v) is 10.6. The van der Waals surface area contributed by atoms with E-state index in [1.165, 1.54) is 11.2 Å². The molecule has 0 bridgehead atoms. The topological polar surface area (TPSA) is 3.88 Å². The fourth-order valence-corrected chi connectivity index (χ4v) is 1.83. The van der Waals surface area contributed by atoms with Gasteiger partial charge in [0.1, 0.15) is 7.05 Å². The second-order valence-corrected chi connectivity index (χ2v) is 4.11. The minimum Gasteiger partial charge on any atom is -0.418 e. The van der Waals surface area contributed by atoms with Crippen molar-refractivity contribution >= 4 is 29.8 Å². The Bertz CT molecular complexity index is 550. The van der Waals surface area contributed by atoms with E-state index in [-0.39, 0.29) is 0 Å². The zero-order valence-electron chi connectivity index (χ0n) is 9.80. The summed E-state index contributed by atoms with van der Waals surface area (Å²) in [5.74, 6) is 0. The molecule has 0 fully saturated rings. The van der Waals surface area contributed by atoms with Crippen molar-refractivity contribution in [1.82, 2.24) is 0 Å². The molecule has 18 heavy (non-hydrogen) atoms. The summed E-state index contributed by atoms with van der Waals surface area (Å²) in [5, 5.41) is 1.93. The first-order valence-electron chi connectivity index (χ1n) is 5.11. The Labute approximate surface area is 107 Å². The van der Waals surface area contributed by atoms with Crippen molar-refractivity contribution < 1.29 is 21.8 Å². The Balaban J connectivity index is 0.000000280. The van der Waals surface area contributed by atoms with Gasteiger partial charge in [-0.25, -0.2) is 0 Å². The molecule has 2 aromatic rings. The van der Waals surface area contributed by atoms with E-state index in [4.69, 9.17) is 11.6 Å². The van der Waals surface area contributed by atoms with Gasteiger partial charge in [-0.1, -0.05) is 23.7 Å². The quantitative estimate of drug-likeness (QED) is 0.391. The number of fused-ring (bicyclic) bond motifs is 1. The molecule has 0 amide bonds. The monoisotopic (exact) mass is 279 g/mol. The summed E-state index contributed by atoms with van der Waals surface area (Å²) < 4.78 is 41.1. The molecular formula is C11H11BClF4N. The molecule has 0 unspecified atom stereocenters. The third kappa shape index (κ3) is 4.18. The van der Waals surface area contributed by atoms with E-state index in [0.717, 1.165) is 10.4 Å². The lowest BCUT2D eigenvalue weighted by Crippen LogP contribution is -2.32. The van der Waals surface area contributed by atoms with Crippen molar-refractivity contribution in [3.8, 4) is 0 Å². The predicted molar refractivity (Wildman–Crippen MR) is 65.1 cm³/mol. The average Bonchev–Trinajstić information content (AvgIpc) is 2.24. The maximum absolute atomic E-state index is 9.75. The second kappa shape index (κ2) is 5.56. The van der Waals surface area contributed by atoms with E-state index in [1.54, 1.807) is 0 Å². The van der Waals surface area contributed by atoms with Gasteiger partial charge in [-0.05, 0) is 6.07 Å². The van der Waals surface area contributed by atoms with Crippen LogP contribution >= 0.6 is 11.6 Å². The largest absolute Gasteiger partial charge is 0.673 e. The number of benzene rings is 1. The first-order valence-corrected chi connectivity index (χ1v) is 5.49. The number of pyridine rings is 1. The molecule has 2 rings (SSSR count). The Morgan fingerprint density at radius 1 is 1.11 bits per heavy atom. The van der Waals surface area contributed by atoms with Crippen molar-refractivity contribution in [2.24, 2.45) is 7.05 Å². The number of para-hydroxylation sites is 1. The molecule has 7 heteroatoms. The number of hydrogen-bond donors (Lipinski definition) is 0. The lowest BCUT2D eigenvalue weighted by Gasteiger charge is -2.00. The van der Waals surface area contributed by atoms with E-state index in [2.05, 4.69) is 17.6 Å². The highest BCUT2D eigenvalue weighted by molar-refractivity contribution is 6.50. The van der Waals surface area contributed by atoms with Crippen LogP contribution in [-0.2, 0) is 7.05 Å². The normalized spacial score (nSPS) is 11.1. The van der Waals surface area contributed by atoms with Gasteiger partial charge in [0.05, 0.1) is 10.4 Å². The highest BCUT2D eigenvalue weighted by atomic mass is 35.5. The number of aromatic nitrogens is 1. The first kappa shape index (κ1) is 14.8. The molecule has 1 aromatic heterocycles. The number of rotatable bonds is 0. The zero-order chi connectivity index (χ0) is 13.9. The molecule has 1 heterocycles. The van der Waals surface area contributed by atoms with Gasteiger partial charge in [0.2, 0.25) is 5.52 Å². The Hall–Kier alpha value is -1.30. The van der Waals surface area contributed by atoms with Crippen LogP contribution in [0.15, 0.2) is 30.3 Å². The SMILES string of the molecule is Cc1cc(Cl)c2ccccc2[n+]1C.F[B-](F)(F)F. The molecule has 0 saturated heterocycles. The van der Waals surface area contributed by atoms with E-state index in [9.17, 15) is 17.3 Å². The van der Waals surface area contributed by atoms with Crippen LogP contribution in [0.2, 0.25) is 5.02 Å². The Kier molecular flexibility index (Phi) is 4.56. The maximum atomic E-state index is 9.75. The summed E-state index contributed by atoms with van der Waals surface area (Å²) in [7, 11) is -3.95. The molecule has 0 atom stereocenters. The fourth-order valence-electron chi connectivity index (χ4n) is 1.52. The standard InChI is InChI=1S/C11H11ClN.BF4/c1-8-7-10(12)9-5-3-4-6-11(9)13(8)2;2-1(3,4)5/h3-7H,1-2H3;/q+1;-1. The van der Waals surface area contributed by atoms with Crippen molar-refractivity contribution in [2.75, 3.05) is 0 Å². The minimum absolute atomic E-state index is 0.825. The third-order valence-electron chi connectivity index (χ3n) is 2.39. The summed E-state index contributed by atoms with van der Waals surface area (Å²) in [6, 6.07) is 10.1. The summed E-state index contributed by atoms with van der Waals surface area (Å²) >= 11 is 6.12. The fraction of sp³-hybridized carbons (Fsp3) is 0.182. The van der Waals surface area contributed by atoms with E-state index in [0.29, 0.717) is 0 Å². The van der Waals surface area contributed by atoms with E-state index < -0.39 is 7.25 Å². The van der Waals surface area contributed by atoms with Gasteiger partial charge >= 0.3 is 7.25 Å². The Morgan fingerprint density at radius 2 is 1.61 bits per heavy atom.